The van der Waals surface area contributed by atoms with Crippen LogP contribution in [0.5, 0.6) is 0 Å². The third kappa shape index (κ3) is 2.89. The maximum atomic E-state index is 12.8. The Morgan fingerprint density at radius 2 is 1.88 bits per heavy atom. The molecule has 2 aliphatic heterocycles. The molecule has 2 unspecified atom stereocenters. The molecule has 2 aliphatic rings. The summed E-state index contributed by atoms with van der Waals surface area (Å²) < 4.78 is 25.2. The fraction of sp³-hybridized carbons (Fsp3) is 0.471. The molecule has 2 aromatic rings. The number of nitrogens with zero attached hydrogens (tertiary/aromatic N) is 4. The van der Waals surface area contributed by atoms with Gasteiger partial charge >= 0.3 is 0 Å². The Hall–Kier alpha value is -2.06. The number of hydrogen-bond donors (Lipinski definition) is 0. The molecular formula is C17H20N4O3S. The fourth-order valence-corrected chi connectivity index (χ4v) is 4.28. The predicted octanol–water partition coefficient (Wildman–Crippen LogP) is 1.67. The zero-order valence-corrected chi connectivity index (χ0v) is 14.9. The minimum Gasteiger partial charge on any atom is -0.610 e. The molecule has 1 aromatic carbocycles. The molecule has 7 nitrogen and oxygen atoms in total. The Morgan fingerprint density at radius 1 is 1.20 bits per heavy atom. The topological polar surface area (TPSA) is 91.1 Å². The van der Waals surface area contributed by atoms with Crippen LogP contribution in [0.4, 0.5) is 0 Å². The van der Waals surface area contributed by atoms with E-state index in [1.165, 1.54) is 6.26 Å². The number of likely N-dealkylation sites (tertiary alicyclic amines) is 1. The number of fused-ring (bicyclic) bond motifs is 1. The van der Waals surface area contributed by atoms with Crippen LogP contribution in [0, 0.1) is 0 Å². The molecule has 132 valence electrons. The van der Waals surface area contributed by atoms with Crippen LogP contribution in [0.25, 0.3) is 11.4 Å². The van der Waals surface area contributed by atoms with Crippen LogP contribution in [-0.2, 0) is 25.6 Å². The molecular weight excluding hydrogens is 340 g/mol. The number of carbonyl (C=O) groups is 1. The van der Waals surface area contributed by atoms with E-state index >= 15 is 0 Å². The summed E-state index contributed by atoms with van der Waals surface area (Å²) in [7, 11) is -3.24. The first-order valence-corrected chi connectivity index (χ1v) is 10.4. The third-order valence-electron chi connectivity index (χ3n) is 4.96. The standard InChI is InChI=1S/C17H20N4O3S/c1-25(23,24)13-6-4-12(5-7-13)16-19-18-15-9-8-14(21(15)16)17(22)20-10-2-3-11-20/h4-7,14H,2-3,8-11H2,1H3. The second-order valence-corrected chi connectivity index (χ2v) is 8.71. The van der Waals surface area contributed by atoms with Crippen LogP contribution in [-0.4, -0.2) is 49.5 Å². The van der Waals surface area contributed by atoms with Crippen molar-refractivity contribution in [1.29, 1.82) is 0 Å². The molecule has 2 atom stereocenters. The predicted molar refractivity (Wildman–Crippen MR) is 91.6 cm³/mol. The van der Waals surface area contributed by atoms with Gasteiger partial charge in [-0.05, 0) is 43.5 Å². The van der Waals surface area contributed by atoms with Gasteiger partial charge in [0.15, 0.2) is 10.7 Å². The Kier molecular flexibility index (Phi) is 3.96. The SMILES string of the molecule is C[S+](=O)([O-])c1ccc(-c2nnc3n2C(C(=O)N2CCCC2)CC3)cc1. The first kappa shape index (κ1) is 16.4. The molecule has 0 spiro atoms. The van der Waals surface area contributed by atoms with Gasteiger partial charge in [-0.1, -0.05) is 0 Å². The van der Waals surface area contributed by atoms with Crippen molar-refractivity contribution in [2.75, 3.05) is 19.3 Å². The van der Waals surface area contributed by atoms with Gasteiger partial charge in [-0.25, -0.2) is 0 Å². The molecule has 1 amide bonds. The fourth-order valence-electron chi connectivity index (χ4n) is 3.65. The van der Waals surface area contributed by atoms with Gasteiger partial charge in [-0.3, -0.25) is 9.36 Å². The molecule has 25 heavy (non-hydrogen) atoms. The van der Waals surface area contributed by atoms with E-state index in [0.717, 1.165) is 50.2 Å². The van der Waals surface area contributed by atoms with E-state index in [-0.39, 0.29) is 16.8 Å². The van der Waals surface area contributed by atoms with E-state index < -0.39 is 10.2 Å². The van der Waals surface area contributed by atoms with Crippen LogP contribution in [0.15, 0.2) is 29.2 Å². The van der Waals surface area contributed by atoms with Crippen molar-refractivity contribution in [3.05, 3.63) is 30.1 Å². The summed E-state index contributed by atoms with van der Waals surface area (Å²) in [6.45, 7) is 1.65. The largest absolute Gasteiger partial charge is 0.610 e. The number of carbonyl (C=O) groups excluding carboxylic acids is 1. The minimum absolute atomic E-state index is 0.144. The van der Waals surface area contributed by atoms with Gasteiger partial charge in [-0.2, -0.15) is 0 Å². The summed E-state index contributed by atoms with van der Waals surface area (Å²) >= 11 is 0. The van der Waals surface area contributed by atoms with Gasteiger partial charge in [0.25, 0.3) is 0 Å². The minimum atomic E-state index is -3.24. The molecule has 1 fully saturated rings. The summed E-state index contributed by atoms with van der Waals surface area (Å²) in [5.74, 6) is 1.59. The van der Waals surface area contributed by atoms with Crippen LogP contribution in [0.3, 0.4) is 0 Å². The Bertz CT molecular complexity index is 849. The molecule has 1 saturated heterocycles. The number of amides is 1. The highest BCUT2D eigenvalue weighted by molar-refractivity contribution is 7.97. The zero-order chi connectivity index (χ0) is 17.6. The third-order valence-corrected chi connectivity index (χ3v) is 6.09. The summed E-state index contributed by atoms with van der Waals surface area (Å²) in [4.78, 5) is 15.0. The Morgan fingerprint density at radius 3 is 2.52 bits per heavy atom. The quantitative estimate of drug-likeness (QED) is 0.777. The van der Waals surface area contributed by atoms with Crippen molar-refractivity contribution in [2.24, 2.45) is 0 Å². The lowest BCUT2D eigenvalue weighted by molar-refractivity contribution is -0.133. The lowest BCUT2D eigenvalue weighted by atomic mass is 10.1. The van der Waals surface area contributed by atoms with E-state index in [1.807, 2.05) is 9.47 Å². The average molecular weight is 360 g/mol. The van der Waals surface area contributed by atoms with Crippen molar-refractivity contribution in [1.82, 2.24) is 19.7 Å². The number of rotatable bonds is 3. The molecule has 1 aromatic heterocycles. The monoisotopic (exact) mass is 360 g/mol. The van der Waals surface area contributed by atoms with E-state index in [0.29, 0.717) is 5.82 Å². The second kappa shape index (κ2) is 6.03. The van der Waals surface area contributed by atoms with E-state index in [9.17, 15) is 13.6 Å². The maximum Gasteiger partial charge on any atom is 0.245 e. The van der Waals surface area contributed by atoms with Gasteiger partial charge < -0.3 is 9.45 Å². The highest BCUT2D eigenvalue weighted by Crippen LogP contribution is 2.33. The summed E-state index contributed by atoms with van der Waals surface area (Å²) in [6, 6.07) is 6.33. The average Bonchev–Trinajstić information content (AvgIpc) is 3.31. The smallest absolute Gasteiger partial charge is 0.245 e. The number of benzene rings is 1. The van der Waals surface area contributed by atoms with Crippen molar-refractivity contribution < 1.29 is 13.6 Å². The van der Waals surface area contributed by atoms with E-state index in [4.69, 9.17) is 0 Å². The van der Waals surface area contributed by atoms with Gasteiger partial charge in [0.1, 0.15) is 18.1 Å². The molecule has 0 radical (unpaired) electrons. The summed E-state index contributed by atoms with van der Waals surface area (Å²) in [6.07, 6.45) is 4.79. The number of sulfone groups is 1. The molecule has 3 heterocycles. The Labute approximate surface area is 147 Å². The lowest BCUT2D eigenvalue weighted by Crippen LogP contribution is -2.34. The van der Waals surface area contributed by atoms with Gasteiger partial charge in [-0.15, -0.1) is 14.4 Å². The second-order valence-electron chi connectivity index (χ2n) is 6.69. The van der Waals surface area contributed by atoms with Gasteiger partial charge in [0.2, 0.25) is 5.91 Å². The van der Waals surface area contributed by atoms with E-state index in [1.54, 1.807) is 24.3 Å². The van der Waals surface area contributed by atoms with Crippen molar-refractivity contribution in [3.63, 3.8) is 0 Å². The molecule has 0 aliphatic carbocycles. The normalized spacial score (nSPS) is 22.0. The number of hydrogen-bond acceptors (Lipinski definition) is 5. The van der Waals surface area contributed by atoms with Crippen LogP contribution >= 0.6 is 0 Å². The molecule has 0 bridgehead atoms. The van der Waals surface area contributed by atoms with Crippen LogP contribution in [0.1, 0.15) is 31.1 Å². The number of aryl methyl sites for hydroxylation is 1. The zero-order valence-electron chi connectivity index (χ0n) is 14.1. The van der Waals surface area contributed by atoms with E-state index in [2.05, 4.69) is 10.2 Å². The summed E-state index contributed by atoms with van der Waals surface area (Å²) in [5.41, 5.74) is 0.771. The Balaban J connectivity index is 1.67. The maximum absolute atomic E-state index is 12.8. The van der Waals surface area contributed by atoms with Crippen LogP contribution in [0.2, 0.25) is 0 Å². The van der Waals surface area contributed by atoms with Crippen molar-refractivity contribution >= 4 is 16.1 Å². The van der Waals surface area contributed by atoms with Crippen LogP contribution < -0.4 is 0 Å². The highest BCUT2D eigenvalue weighted by Gasteiger charge is 2.35. The first-order valence-electron chi connectivity index (χ1n) is 8.48. The van der Waals surface area contributed by atoms with Gasteiger partial charge in [0, 0.05) is 25.1 Å². The number of aromatic nitrogens is 3. The highest BCUT2D eigenvalue weighted by atomic mass is 32.3. The van der Waals surface area contributed by atoms with Crippen molar-refractivity contribution in [3.8, 4) is 11.4 Å². The van der Waals surface area contributed by atoms with Gasteiger partial charge in [0.05, 0.1) is 10.2 Å². The molecule has 4 rings (SSSR count). The molecule has 0 saturated carbocycles. The first-order chi connectivity index (χ1) is 11.9. The molecule has 8 heteroatoms. The summed E-state index contributed by atoms with van der Waals surface area (Å²) in [5, 5.41) is 8.48. The molecule has 0 N–H and O–H groups in total. The van der Waals surface area contributed by atoms with Crippen molar-refractivity contribution in [2.45, 2.75) is 36.6 Å². The lowest BCUT2D eigenvalue weighted by Gasteiger charge is -2.22.